The molecule has 2 aromatic carbocycles. The molecule has 0 saturated heterocycles. The number of benzene rings is 2. The Labute approximate surface area is 139 Å². The lowest BCUT2D eigenvalue weighted by Gasteiger charge is -2.11. The van der Waals surface area contributed by atoms with Crippen molar-refractivity contribution in [3.8, 4) is 11.5 Å². The minimum Gasteiger partial charge on any atom is -0.503 e. The summed E-state index contributed by atoms with van der Waals surface area (Å²) in [5.41, 5.74) is 1.93. The number of aromatic hydroxyl groups is 1. The van der Waals surface area contributed by atoms with Crippen molar-refractivity contribution in [2.24, 2.45) is 0 Å². The van der Waals surface area contributed by atoms with Gasteiger partial charge >= 0.3 is 0 Å². The quantitative estimate of drug-likeness (QED) is 0.714. The van der Waals surface area contributed by atoms with Crippen LogP contribution >= 0.6 is 43.5 Å². The number of anilines is 1. The zero-order chi connectivity index (χ0) is 14.7. The van der Waals surface area contributed by atoms with Gasteiger partial charge < -0.3 is 15.2 Å². The molecule has 0 unspecified atom stereocenters. The standard InChI is InChI=1S/C14H12Br2ClNO2/c1-20-13-5-8(4-11(16)14(13)19)7-18-9-2-3-12(17)10(15)6-9/h2-6,18-19H,7H2,1H3. The van der Waals surface area contributed by atoms with E-state index in [0.29, 0.717) is 21.8 Å². The molecule has 2 aromatic rings. The first-order chi connectivity index (χ1) is 9.51. The minimum atomic E-state index is 0.102. The molecule has 0 aliphatic rings. The first kappa shape index (κ1) is 15.5. The molecule has 0 spiro atoms. The third kappa shape index (κ3) is 3.59. The van der Waals surface area contributed by atoms with Crippen LogP contribution in [-0.4, -0.2) is 12.2 Å². The smallest absolute Gasteiger partial charge is 0.172 e. The van der Waals surface area contributed by atoms with E-state index >= 15 is 0 Å². The van der Waals surface area contributed by atoms with Crippen LogP contribution in [0.25, 0.3) is 0 Å². The van der Waals surface area contributed by atoms with Gasteiger partial charge in [-0.15, -0.1) is 0 Å². The number of nitrogens with one attached hydrogen (secondary N) is 1. The van der Waals surface area contributed by atoms with Crippen LogP contribution in [-0.2, 0) is 6.54 Å². The van der Waals surface area contributed by atoms with Crippen LogP contribution in [0.5, 0.6) is 11.5 Å². The molecular formula is C14H12Br2ClNO2. The molecule has 0 saturated carbocycles. The van der Waals surface area contributed by atoms with Crippen molar-refractivity contribution in [3.05, 3.63) is 49.9 Å². The maximum absolute atomic E-state index is 9.76. The molecule has 0 heterocycles. The van der Waals surface area contributed by atoms with E-state index in [-0.39, 0.29) is 5.75 Å². The van der Waals surface area contributed by atoms with Crippen molar-refractivity contribution in [1.29, 1.82) is 0 Å². The van der Waals surface area contributed by atoms with Gasteiger partial charge in [0, 0.05) is 16.7 Å². The molecule has 20 heavy (non-hydrogen) atoms. The summed E-state index contributed by atoms with van der Waals surface area (Å²) in [5, 5.41) is 13.7. The lowest BCUT2D eigenvalue weighted by atomic mass is 10.2. The van der Waals surface area contributed by atoms with Crippen LogP contribution < -0.4 is 10.1 Å². The second kappa shape index (κ2) is 6.70. The Morgan fingerprint density at radius 2 is 1.95 bits per heavy atom. The van der Waals surface area contributed by atoms with Crippen LogP contribution in [0, 0.1) is 0 Å². The number of ether oxygens (including phenoxy) is 1. The third-order valence-corrected chi connectivity index (χ3v) is 4.54. The molecule has 0 fully saturated rings. The van der Waals surface area contributed by atoms with Crippen LogP contribution in [0.4, 0.5) is 5.69 Å². The zero-order valence-corrected chi connectivity index (χ0v) is 14.5. The molecule has 0 aliphatic carbocycles. The summed E-state index contributed by atoms with van der Waals surface area (Å²) in [5.74, 6) is 0.541. The summed E-state index contributed by atoms with van der Waals surface area (Å²) < 4.78 is 6.56. The Hall–Kier alpha value is -0.910. The molecule has 0 aromatic heterocycles. The largest absolute Gasteiger partial charge is 0.503 e. The summed E-state index contributed by atoms with van der Waals surface area (Å²) in [6, 6.07) is 9.27. The summed E-state index contributed by atoms with van der Waals surface area (Å²) >= 11 is 12.6. The van der Waals surface area contributed by atoms with Gasteiger partial charge in [0.2, 0.25) is 0 Å². The van der Waals surface area contributed by atoms with Gasteiger partial charge in [-0.25, -0.2) is 0 Å². The Bertz CT molecular complexity index is 635. The molecule has 0 radical (unpaired) electrons. The maximum atomic E-state index is 9.76. The topological polar surface area (TPSA) is 41.5 Å². The molecule has 3 nitrogen and oxygen atoms in total. The number of methoxy groups -OCH3 is 1. The van der Waals surface area contributed by atoms with Gasteiger partial charge in [-0.3, -0.25) is 0 Å². The molecule has 0 amide bonds. The summed E-state index contributed by atoms with van der Waals surface area (Å²) in [6.45, 7) is 0.601. The van der Waals surface area contributed by atoms with Gasteiger partial charge in [-0.05, 0) is 67.8 Å². The second-order valence-corrected chi connectivity index (χ2v) is 6.23. The fraction of sp³-hybridized carbons (Fsp3) is 0.143. The lowest BCUT2D eigenvalue weighted by Crippen LogP contribution is -2.00. The Kier molecular flexibility index (Phi) is 5.18. The molecule has 0 atom stereocenters. The van der Waals surface area contributed by atoms with E-state index in [9.17, 15) is 5.11 Å². The number of phenolic OH excluding ortho intramolecular Hbond substituents is 1. The zero-order valence-electron chi connectivity index (χ0n) is 10.6. The predicted molar refractivity (Wildman–Crippen MR) is 88.8 cm³/mol. The summed E-state index contributed by atoms with van der Waals surface area (Å²) in [7, 11) is 1.52. The van der Waals surface area contributed by atoms with Gasteiger partial charge in [0.05, 0.1) is 16.6 Å². The van der Waals surface area contributed by atoms with Gasteiger partial charge in [0.15, 0.2) is 11.5 Å². The average molecular weight is 422 g/mol. The normalized spacial score (nSPS) is 10.4. The molecule has 106 valence electrons. The first-order valence-electron chi connectivity index (χ1n) is 5.75. The Morgan fingerprint density at radius 3 is 2.60 bits per heavy atom. The Morgan fingerprint density at radius 1 is 1.20 bits per heavy atom. The van der Waals surface area contributed by atoms with Crippen molar-refractivity contribution in [1.82, 2.24) is 0 Å². The SMILES string of the molecule is COc1cc(CNc2ccc(Cl)c(Br)c2)cc(Br)c1O. The van der Waals surface area contributed by atoms with Crippen molar-refractivity contribution < 1.29 is 9.84 Å². The molecule has 0 aliphatic heterocycles. The van der Waals surface area contributed by atoms with Crippen molar-refractivity contribution in [2.75, 3.05) is 12.4 Å². The van der Waals surface area contributed by atoms with Gasteiger partial charge in [0.25, 0.3) is 0 Å². The average Bonchev–Trinajstić information content (AvgIpc) is 2.43. The fourth-order valence-corrected chi connectivity index (χ4v) is 2.68. The highest BCUT2D eigenvalue weighted by atomic mass is 79.9. The van der Waals surface area contributed by atoms with Crippen molar-refractivity contribution >= 4 is 49.1 Å². The summed E-state index contributed by atoms with van der Waals surface area (Å²) in [6.07, 6.45) is 0. The number of halogens is 3. The van der Waals surface area contributed by atoms with E-state index in [1.807, 2.05) is 24.3 Å². The molecular weight excluding hydrogens is 409 g/mol. The van der Waals surface area contributed by atoms with Crippen LogP contribution in [0.3, 0.4) is 0 Å². The number of hydrogen-bond acceptors (Lipinski definition) is 3. The molecule has 6 heteroatoms. The van der Waals surface area contributed by atoms with E-state index < -0.39 is 0 Å². The van der Waals surface area contributed by atoms with E-state index in [4.69, 9.17) is 16.3 Å². The highest BCUT2D eigenvalue weighted by molar-refractivity contribution is 9.10. The number of phenols is 1. The van der Waals surface area contributed by atoms with Crippen molar-refractivity contribution in [3.63, 3.8) is 0 Å². The maximum Gasteiger partial charge on any atom is 0.172 e. The fourth-order valence-electron chi connectivity index (χ4n) is 1.70. The molecule has 0 bridgehead atoms. The van der Waals surface area contributed by atoms with Gasteiger partial charge in [0.1, 0.15) is 0 Å². The summed E-state index contributed by atoms with van der Waals surface area (Å²) in [4.78, 5) is 0. The van der Waals surface area contributed by atoms with E-state index in [1.165, 1.54) is 7.11 Å². The van der Waals surface area contributed by atoms with Crippen LogP contribution in [0.1, 0.15) is 5.56 Å². The lowest BCUT2D eigenvalue weighted by molar-refractivity contribution is 0.371. The predicted octanol–water partition coefficient (Wildman–Crippen LogP) is 5.19. The number of hydrogen-bond donors (Lipinski definition) is 2. The first-order valence-corrected chi connectivity index (χ1v) is 7.72. The monoisotopic (exact) mass is 419 g/mol. The highest BCUT2D eigenvalue weighted by Gasteiger charge is 2.08. The second-order valence-electron chi connectivity index (χ2n) is 4.11. The van der Waals surface area contributed by atoms with Gasteiger partial charge in [-0.1, -0.05) is 11.6 Å². The van der Waals surface area contributed by atoms with E-state index in [0.717, 1.165) is 15.7 Å². The van der Waals surface area contributed by atoms with Crippen LogP contribution in [0.2, 0.25) is 5.02 Å². The van der Waals surface area contributed by atoms with Crippen LogP contribution in [0.15, 0.2) is 39.3 Å². The van der Waals surface area contributed by atoms with Crippen molar-refractivity contribution in [2.45, 2.75) is 6.54 Å². The Balaban J connectivity index is 2.14. The number of rotatable bonds is 4. The van der Waals surface area contributed by atoms with E-state index in [1.54, 1.807) is 6.07 Å². The molecule has 2 N–H and O–H groups in total. The minimum absolute atomic E-state index is 0.102. The highest BCUT2D eigenvalue weighted by Crippen LogP contribution is 2.35. The third-order valence-electron chi connectivity index (χ3n) is 2.72. The molecule has 2 rings (SSSR count). The van der Waals surface area contributed by atoms with E-state index in [2.05, 4.69) is 37.2 Å². The van der Waals surface area contributed by atoms with Gasteiger partial charge in [-0.2, -0.15) is 0 Å².